The molecule has 0 aromatic heterocycles. The largest absolute Gasteiger partial charge is 0.489 e. The first kappa shape index (κ1) is 14.1. The summed E-state index contributed by atoms with van der Waals surface area (Å²) in [5.41, 5.74) is 0.493. The molecule has 1 atom stereocenters. The zero-order chi connectivity index (χ0) is 13.7. The van der Waals surface area contributed by atoms with Gasteiger partial charge in [-0.3, -0.25) is 4.90 Å². The number of ether oxygens (including phenoxy) is 2. The van der Waals surface area contributed by atoms with Crippen LogP contribution >= 0.6 is 11.6 Å². The van der Waals surface area contributed by atoms with Crippen molar-refractivity contribution in [1.82, 2.24) is 4.90 Å². The molecule has 19 heavy (non-hydrogen) atoms. The maximum absolute atomic E-state index is 9.01. The Kier molecular flexibility index (Phi) is 5.03. The monoisotopic (exact) mass is 280 g/mol. The molecule has 1 heterocycles. The molecule has 102 valence electrons. The highest BCUT2D eigenvalue weighted by Crippen LogP contribution is 2.23. The smallest absolute Gasteiger partial charge is 0.138 e. The first-order valence-electron chi connectivity index (χ1n) is 6.39. The molecule has 4 nitrogen and oxygen atoms in total. The van der Waals surface area contributed by atoms with Crippen LogP contribution in [0.1, 0.15) is 12.5 Å². The molecule has 0 bridgehead atoms. The number of hydrogen-bond donors (Lipinski definition) is 0. The molecule has 1 unspecified atom stereocenters. The van der Waals surface area contributed by atoms with E-state index in [1.807, 2.05) is 0 Å². The average molecular weight is 281 g/mol. The van der Waals surface area contributed by atoms with Gasteiger partial charge in [0, 0.05) is 24.2 Å². The van der Waals surface area contributed by atoms with Gasteiger partial charge in [0.25, 0.3) is 0 Å². The van der Waals surface area contributed by atoms with Crippen molar-refractivity contribution < 1.29 is 9.47 Å². The van der Waals surface area contributed by atoms with Crippen LogP contribution in [0.15, 0.2) is 18.2 Å². The molecule has 0 saturated carbocycles. The van der Waals surface area contributed by atoms with Gasteiger partial charge in [0.15, 0.2) is 0 Å². The summed E-state index contributed by atoms with van der Waals surface area (Å²) in [7, 11) is 0. The van der Waals surface area contributed by atoms with Gasteiger partial charge in [-0.15, -0.1) is 0 Å². The maximum Gasteiger partial charge on any atom is 0.138 e. The number of benzene rings is 1. The van der Waals surface area contributed by atoms with E-state index < -0.39 is 0 Å². The molecule has 5 heteroatoms. The lowest BCUT2D eigenvalue weighted by atomic mass is 10.2. The quantitative estimate of drug-likeness (QED) is 0.849. The van der Waals surface area contributed by atoms with Crippen molar-refractivity contribution in [2.24, 2.45) is 0 Å². The summed E-state index contributed by atoms with van der Waals surface area (Å²) >= 11 is 5.91. The second kappa shape index (κ2) is 6.76. The number of nitriles is 1. The first-order chi connectivity index (χ1) is 9.22. The van der Waals surface area contributed by atoms with Crippen molar-refractivity contribution in [3.05, 3.63) is 28.8 Å². The lowest BCUT2D eigenvalue weighted by Crippen LogP contribution is -2.44. The topological polar surface area (TPSA) is 45.5 Å². The van der Waals surface area contributed by atoms with E-state index in [9.17, 15) is 0 Å². The van der Waals surface area contributed by atoms with Crippen molar-refractivity contribution in [2.45, 2.75) is 13.0 Å². The fourth-order valence-electron chi connectivity index (χ4n) is 2.06. The normalized spacial score (nSPS) is 19.9. The number of hydrogen-bond acceptors (Lipinski definition) is 4. The second-order valence-electron chi connectivity index (χ2n) is 4.45. The minimum atomic E-state index is 0.0409. The van der Waals surface area contributed by atoms with Crippen molar-refractivity contribution in [2.75, 3.05) is 32.8 Å². The molecule has 1 aromatic rings. The predicted molar refractivity (Wildman–Crippen MR) is 73.5 cm³/mol. The lowest BCUT2D eigenvalue weighted by Gasteiger charge is -2.31. The van der Waals surface area contributed by atoms with E-state index >= 15 is 0 Å². The summed E-state index contributed by atoms with van der Waals surface area (Å²) in [4.78, 5) is 2.32. The number of rotatable bonds is 4. The Labute approximate surface area is 118 Å². The van der Waals surface area contributed by atoms with E-state index in [0.29, 0.717) is 22.9 Å². The molecule has 2 rings (SSSR count). The van der Waals surface area contributed by atoms with Gasteiger partial charge >= 0.3 is 0 Å². The molecule has 1 aliphatic heterocycles. The number of halogens is 1. The molecule has 0 amide bonds. The zero-order valence-electron chi connectivity index (χ0n) is 10.9. The summed E-state index contributed by atoms with van der Waals surface area (Å²) < 4.78 is 11.3. The van der Waals surface area contributed by atoms with Gasteiger partial charge < -0.3 is 9.47 Å². The maximum atomic E-state index is 9.01. The van der Waals surface area contributed by atoms with Crippen LogP contribution in [0.2, 0.25) is 5.02 Å². The first-order valence-corrected chi connectivity index (χ1v) is 6.77. The summed E-state index contributed by atoms with van der Waals surface area (Å²) in [5, 5.41) is 9.58. The summed E-state index contributed by atoms with van der Waals surface area (Å²) in [6.45, 7) is 6.13. The average Bonchev–Trinajstić information content (AvgIpc) is 2.45. The predicted octanol–water partition coefficient (Wildman–Crippen LogP) is 2.31. The number of likely N-dealkylation sites (N-methyl/N-ethyl adjacent to an activating group) is 1. The lowest BCUT2D eigenvalue weighted by molar-refractivity contribution is -0.0464. The molecule has 0 spiro atoms. The molecule has 1 aromatic carbocycles. The summed E-state index contributed by atoms with van der Waals surface area (Å²) in [5.74, 6) is 0.521. The summed E-state index contributed by atoms with van der Waals surface area (Å²) in [6, 6.07) is 7.11. The minimum absolute atomic E-state index is 0.0409. The highest BCUT2D eigenvalue weighted by Gasteiger charge is 2.20. The highest BCUT2D eigenvalue weighted by atomic mass is 35.5. The Hall–Kier alpha value is -1.28. The van der Waals surface area contributed by atoms with E-state index in [-0.39, 0.29) is 6.10 Å². The van der Waals surface area contributed by atoms with E-state index in [0.717, 1.165) is 26.2 Å². The van der Waals surface area contributed by atoms with E-state index in [1.165, 1.54) is 0 Å². The van der Waals surface area contributed by atoms with Gasteiger partial charge in [-0.2, -0.15) is 5.26 Å². The Bertz CT molecular complexity index is 473. The molecule has 0 aliphatic carbocycles. The van der Waals surface area contributed by atoms with Gasteiger partial charge in [0.1, 0.15) is 24.5 Å². The third kappa shape index (κ3) is 3.84. The molecular formula is C14H17ClN2O2. The van der Waals surface area contributed by atoms with E-state index in [4.69, 9.17) is 26.3 Å². The van der Waals surface area contributed by atoms with Crippen LogP contribution < -0.4 is 4.74 Å². The molecule has 1 saturated heterocycles. The van der Waals surface area contributed by atoms with Crippen molar-refractivity contribution in [1.29, 1.82) is 5.26 Å². The van der Waals surface area contributed by atoms with Crippen LogP contribution in [-0.4, -0.2) is 43.9 Å². The van der Waals surface area contributed by atoms with Gasteiger partial charge in [0.2, 0.25) is 0 Å². The molecule has 1 aliphatic rings. The van der Waals surface area contributed by atoms with Gasteiger partial charge in [-0.05, 0) is 18.7 Å². The number of nitrogens with zero attached hydrogens (tertiary/aromatic N) is 2. The summed E-state index contributed by atoms with van der Waals surface area (Å²) in [6.07, 6.45) is 0.0409. The Morgan fingerprint density at radius 3 is 3.16 bits per heavy atom. The van der Waals surface area contributed by atoms with Crippen LogP contribution in [0, 0.1) is 11.3 Å². The van der Waals surface area contributed by atoms with Crippen molar-refractivity contribution in [3.63, 3.8) is 0 Å². The zero-order valence-corrected chi connectivity index (χ0v) is 11.7. The highest BCUT2D eigenvalue weighted by molar-refractivity contribution is 6.30. The Morgan fingerprint density at radius 2 is 2.42 bits per heavy atom. The molecule has 1 fully saturated rings. The third-order valence-corrected chi connectivity index (χ3v) is 3.39. The molecule has 0 radical (unpaired) electrons. The van der Waals surface area contributed by atoms with Gasteiger partial charge in [0.05, 0.1) is 12.2 Å². The molecular weight excluding hydrogens is 264 g/mol. The van der Waals surface area contributed by atoms with Gasteiger partial charge in [-0.25, -0.2) is 0 Å². The van der Waals surface area contributed by atoms with Gasteiger partial charge in [-0.1, -0.05) is 18.5 Å². The Morgan fingerprint density at radius 1 is 1.58 bits per heavy atom. The number of morpholine rings is 1. The van der Waals surface area contributed by atoms with Crippen molar-refractivity contribution in [3.8, 4) is 11.8 Å². The molecule has 0 N–H and O–H groups in total. The van der Waals surface area contributed by atoms with Crippen molar-refractivity contribution >= 4 is 11.6 Å². The van der Waals surface area contributed by atoms with E-state index in [2.05, 4.69) is 17.9 Å². The van der Waals surface area contributed by atoms with Crippen LogP contribution in [-0.2, 0) is 4.74 Å². The third-order valence-electron chi connectivity index (χ3n) is 3.16. The Balaban J connectivity index is 1.95. The van der Waals surface area contributed by atoms with Crippen LogP contribution in [0.3, 0.4) is 0 Å². The van der Waals surface area contributed by atoms with Crippen LogP contribution in [0.25, 0.3) is 0 Å². The van der Waals surface area contributed by atoms with E-state index in [1.54, 1.807) is 18.2 Å². The minimum Gasteiger partial charge on any atom is -0.489 e. The van der Waals surface area contributed by atoms with Crippen LogP contribution in [0.5, 0.6) is 5.75 Å². The standard InChI is InChI=1S/C14H17ClN2O2/c1-2-17-5-6-18-13(9-17)10-19-14-7-12(15)4-3-11(14)8-16/h3-4,7,13H,2,5-6,9-10H2,1H3. The fraction of sp³-hybridized carbons (Fsp3) is 0.500. The van der Waals surface area contributed by atoms with Crippen LogP contribution in [0.4, 0.5) is 0 Å². The second-order valence-corrected chi connectivity index (χ2v) is 4.89. The fourth-order valence-corrected chi connectivity index (χ4v) is 2.22. The SMILES string of the molecule is CCN1CCOC(COc2cc(Cl)ccc2C#N)C1.